The van der Waals surface area contributed by atoms with Crippen LogP contribution in [0, 0.1) is 0 Å². The molecule has 0 aliphatic heterocycles. The Labute approximate surface area is 145 Å². The highest BCUT2D eigenvalue weighted by atomic mass is 16.3. The molecule has 2 aromatic heterocycles. The normalized spacial score (nSPS) is 12.3. The van der Waals surface area contributed by atoms with Gasteiger partial charge in [-0.2, -0.15) is 9.97 Å². The van der Waals surface area contributed by atoms with Crippen LogP contribution in [0.4, 0.5) is 17.5 Å². The van der Waals surface area contributed by atoms with Crippen molar-refractivity contribution in [2.75, 3.05) is 22.9 Å². The number of phenolic OH excluding ortho intramolecular Hbond substituents is 1. The molecule has 0 amide bonds. The molecule has 0 radical (unpaired) electrons. The third-order valence-corrected chi connectivity index (χ3v) is 3.69. The van der Waals surface area contributed by atoms with Crippen LogP contribution >= 0.6 is 0 Å². The topological polar surface area (TPSA) is 140 Å². The van der Waals surface area contributed by atoms with Crippen LogP contribution in [-0.4, -0.2) is 37.2 Å². The first-order chi connectivity index (χ1) is 11.9. The average Bonchev–Trinajstić information content (AvgIpc) is 2.95. The fourth-order valence-corrected chi connectivity index (χ4v) is 2.39. The predicted molar refractivity (Wildman–Crippen MR) is 98.3 cm³/mol. The van der Waals surface area contributed by atoms with Crippen molar-refractivity contribution < 1.29 is 5.11 Å². The lowest BCUT2D eigenvalue weighted by Crippen LogP contribution is -2.26. The van der Waals surface area contributed by atoms with Gasteiger partial charge in [-0.3, -0.25) is 0 Å². The van der Waals surface area contributed by atoms with E-state index in [-0.39, 0.29) is 11.8 Å². The number of anilines is 3. The highest BCUT2D eigenvalue weighted by molar-refractivity contribution is 5.84. The van der Waals surface area contributed by atoms with Gasteiger partial charge in [0.25, 0.3) is 0 Å². The molecular formula is C16H22N8O. The van der Waals surface area contributed by atoms with Crippen molar-refractivity contribution in [3.05, 3.63) is 30.1 Å². The van der Waals surface area contributed by atoms with Crippen molar-refractivity contribution >= 4 is 28.6 Å². The van der Waals surface area contributed by atoms with Crippen molar-refractivity contribution in [2.24, 2.45) is 12.8 Å². The summed E-state index contributed by atoms with van der Waals surface area (Å²) in [6.45, 7) is 2.81. The number of nitrogens with two attached hydrogens (primary N) is 2. The number of imidazole rings is 1. The minimum Gasteiger partial charge on any atom is -0.508 e. The molecule has 25 heavy (non-hydrogen) atoms. The molecule has 0 aliphatic rings. The summed E-state index contributed by atoms with van der Waals surface area (Å²) in [5.74, 6) is 1.20. The summed E-state index contributed by atoms with van der Waals surface area (Å²) in [5, 5.41) is 16.3. The number of hydrogen-bond donors (Lipinski definition) is 5. The SMILES string of the molecule is CC(N)CNc1nc(NCc2cc(N)ccc2O)c2ncn(C)c2n1. The maximum atomic E-state index is 9.96. The molecule has 0 spiro atoms. The zero-order valence-corrected chi connectivity index (χ0v) is 14.2. The van der Waals surface area contributed by atoms with E-state index in [2.05, 4.69) is 25.6 Å². The smallest absolute Gasteiger partial charge is 0.226 e. The molecule has 0 saturated heterocycles. The number of hydrogen-bond acceptors (Lipinski definition) is 8. The van der Waals surface area contributed by atoms with Gasteiger partial charge in [0.1, 0.15) is 5.75 Å². The van der Waals surface area contributed by atoms with Crippen LogP contribution in [0.25, 0.3) is 11.2 Å². The lowest BCUT2D eigenvalue weighted by atomic mass is 10.2. The van der Waals surface area contributed by atoms with Crippen molar-refractivity contribution in [3.63, 3.8) is 0 Å². The number of fused-ring (bicyclic) bond motifs is 1. The Balaban J connectivity index is 1.89. The highest BCUT2D eigenvalue weighted by Gasteiger charge is 2.13. The summed E-state index contributed by atoms with van der Waals surface area (Å²) in [5.41, 5.74) is 14.2. The lowest BCUT2D eigenvalue weighted by molar-refractivity contribution is 0.469. The first-order valence-electron chi connectivity index (χ1n) is 7.94. The number of phenols is 1. The van der Waals surface area contributed by atoms with Gasteiger partial charge in [0.05, 0.1) is 6.33 Å². The standard InChI is InChI=1S/C16H22N8O/c1-9(17)6-20-16-22-14(13-15(23-16)24(2)8-21-13)19-7-10-5-11(18)3-4-12(10)25/h3-5,8-9,25H,6-7,17-18H2,1-2H3,(H2,19,20,22,23). The van der Waals surface area contributed by atoms with E-state index >= 15 is 0 Å². The molecule has 9 heteroatoms. The van der Waals surface area contributed by atoms with E-state index in [1.54, 1.807) is 24.5 Å². The second kappa shape index (κ2) is 6.81. The molecule has 0 saturated carbocycles. The molecule has 3 aromatic rings. The Bertz CT molecular complexity index is 889. The minimum atomic E-state index is -0.0218. The van der Waals surface area contributed by atoms with Crippen LogP contribution in [-0.2, 0) is 13.6 Å². The zero-order chi connectivity index (χ0) is 18.0. The van der Waals surface area contributed by atoms with Gasteiger partial charge in [0.15, 0.2) is 17.0 Å². The molecule has 1 atom stereocenters. The Hall–Kier alpha value is -3.07. The molecule has 132 valence electrons. The Morgan fingerprint density at radius 3 is 2.84 bits per heavy atom. The van der Waals surface area contributed by atoms with E-state index in [0.717, 1.165) is 0 Å². The first-order valence-corrected chi connectivity index (χ1v) is 7.94. The summed E-state index contributed by atoms with van der Waals surface area (Å²) in [4.78, 5) is 13.3. The fraction of sp³-hybridized carbons (Fsp3) is 0.312. The molecule has 1 aromatic carbocycles. The Kier molecular flexibility index (Phi) is 4.57. The van der Waals surface area contributed by atoms with Gasteiger partial charge in [-0.05, 0) is 25.1 Å². The molecule has 1 unspecified atom stereocenters. The maximum Gasteiger partial charge on any atom is 0.226 e. The van der Waals surface area contributed by atoms with Crippen LogP contribution in [0.3, 0.4) is 0 Å². The van der Waals surface area contributed by atoms with Crippen molar-refractivity contribution in [1.29, 1.82) is 0 Å². The van der Waals surface area contributed by atoms with E-state index in [0.29, 0.717) is 47.3 Å². The van der Waals surface area contributed by atoms with E-state index in [1.165, 1.54) is 0 Å². The third-order valence-electron chi connectivity index (χ3n) is 3.69. The Morgan fingerprint density at radius 1 is 1.28 bits per heavy atom. The largest absolute Gasteiger partial charge is 0.508 e. The number of aromatic nitrogens is 4. The Morgan fingerprint density at radius 2 is 2.08 bits per heavy atom. The summed E-state index contributed by atoms with van der Waals surface area (Å²) in [6.07, 6.45) is 1.68. The number of nitrogens with one attached hydrogen (secondary N) is 2. The van der Waals surface area contributed by atoms with Crippen molar-refractivity contribution in [1.82, 2.24) is 19.5 Å². The highest BCUT2D eigenvalue weighted by Crippen LogP contribution is 2.24. The summed E-state index contributed by atoms with van der Waals surface area (Å²) in [6, 6.07) is 4.91. The van der Waals surface area contributed by atoms with E-state index in [1.807, 2.05) is 18.5 Å². The van der Waals surface area contributed by atoms with Gasteiger partial charge in [0.2, 0.25) is 5.95 Å². The van der Waals surface area contributed by atoms with Crippen LogP contribution < -0.4 is 22.1 Å². The number of aryl methyl sites for hydroxylation is 1. The third kappa shape index (κ3) is 3.72. The molecule has 7 N–H and O–H groups in total. The average molecular weight is 342 g/mol. The monoisotopic (exact) mass is 342 g/mol. The van der Waals surface area contributed by atoms with Gasteiger partial charge in [0, 0.05) is 37.4 Å². The lowest BCUT2D eigenvalue weighted by Gasteiger charge is -2.12. The van der Waals surface area contributed by atoms with Crippen LogP contribution in [0.15, 0.2) is 24.5 Å². The van der Waals surface area contributed by atoms with Gasteiger partial charge in [-0.1, -0.05) is 0 Å². The minimum absolute atomic E-state index is 0.0218. The van der Waals surface area contributed by atoms with E-state index in [9.17, 15) is 5.11 Å². The van der Waals surface area contributed by atoms with E-state index < -0.39 is 0 Å². The molecule has 0 fully saturated rings. The first kappa shape index (κ1) is 16.8. The second-order valence-corrected chi connectivity index (χ2v) is 6.02. The predicted octanol–water partition coefficient (Wildman–Crippen LogP) is 1.02. The fourth-order valence-electron chi connectivity index (χ4n) is 2.39. The van der Waals surface area contributed by atoms with Crippen LogP contribution in [0.2, 0.25) is 0 Å². The van der Waals surface area contributed by atoms with Crippen molar-refractivity contribution in [3.8, 4) is 5.75 Å². The van der Waals surface area contributed by atoms with Crippen LogP contribution in [0.1, 0.15) is 12.5 Å². The summed E-state index contributed by atoms with van der Waals surface area (Å²) in [7, 11) is 1.87. The molecule has 0 bridgehead atoms. The zero-order valence-electron chi connectivity index (χ0n) is 14.2. The van der Waals surface area contributed by atoms with Gasteiger partial charge < -0.3 is 31.8 Å². The van der Waals surface area contributed by atoms with Gasteiger partial charge >= 0.3 is 0 Å². The van der Waals surface area contributed by atoms with Crippen LogP contribution in [0.5, 0.6) is 5.75 Å². The quantitative estimate of drug-likeness (QED) is 0.330. The number of nitrogens with zero attached hydrogens (tertiary/aromatic N) is 4. The van der Waals surface area contributed by atoms with Crippen molar-refractivity contribution in [2.45, 2.75) is 19.5 Å². The number of rotatable bonds is 6. The number of benzene rings is 1. The maximum absolute atomic E-state index is 9.96. The number of aromatic hydroxyl groups is 1. The number of nitrogen functional groups attached to an aromatic ring is 1. The molecule has 9 nitrogen and oxygen atoms in total. The van der Waals surface area contributed by atoms with Gasteiger partial charge in [-0.25, -0.2) is 4.98 Å². The molecule has 3 rings (SSSR count). The van der Waals surface area contributed by atoms with E-state index in [4.69, 9.17) is 11.5 Å². The van der Waals surface area contributed by atoms with Gasteiger partial charge in [-0.15, -0.1) is 0 Å². The summed E-state index contributed by atoms with van der Waals surface area (Å²) < 4.78 is 1.82. The molecule has 2 heterocycles. The molecule has 0 aliphatic carbocycles. The summed E-state index contributed by atoms with van der Waals surface area (Å²) >= 11 is 0. The second-order valence-electron chi connectivity index (χ2n) is 6.02. The molecular weight excluding hydrogens is 320 g/mol.